The monoisotopic (exact) mass is 237 g/mol. The Hall–Kier alpha value is -0.300. The summed E-state index contributed by atoms with van der Waals surface area (Å²) in [5.74, 6) is -0.120. The molecule has 2 N–H and O–H groups in total. The van der Waals surface area contributed by atoms with Crippen LogP contribution in [0.5, 0.6) is 0 Å². The standard InChI is InChI=1S/C9H19NO4S/c1-12-5-6-13-3-2-4-14-9(11)8(10)7-15/h8,15H,2-7,10H2,1H3/t8-/m1/s1. The molecule has 0 saturated heterocycles. The SMILES string of the molecule is COCCOCCCOC(=O)[C@H](N)CS. The molecule has 0 amide bonds. The maximum Gasteiger partial charge on any atom is 0.323 e. The van der Waals surface area contributed by atoms with Crippen LogP contribution in [0.15, 0.2) is 0 Å². The smallest absolute Gasteiger partial charge is 0.323 e. The van der Waals surface area contributed by atoms with Crippen LogP contribution >= 0.6 is 12.6 Å². The van der Waals surface area contributed by atoms with Gasteiger partial charge in [0, 0.05) is 25.9 Å². The number of carbonyl (C=O) groups excluding carboxylic acids is 1. The minimum absolute atomic E-state index is 0.295. The van der Waals surface area contributed by atoms with Crippen molar-refractivity contribution in [3.05, 3.63) is 0 Å². The van der Waals surface area contributed by atoms with Gasteiger partial charge in [-0.1, -0.05) is 0 Å². The van der Waals surface area contributed by atoms with Crippen molar-refractivity contribution < 1.29 is 19.0 Å². The van der Waals surface area contributed by atoms with Crippen LogP contribution in [-0.2, 0) is 19.0 Å². The summed E-state index contributed by atoms with van der Waals surface area (Å²) in [6.07, 6.45) is 0.661. The van der Waals surface area contributed by atoms with Crippen LogP contribution in [-0.4, -0.2) is 51.3 Å². The van der Waals surface area contributed by atoms with Crippen molar-refractivity contribution >= 4 is 18.6 Å². The number of methoxy groups -OCH3 is 1. The Labute approximate surface area is 95.7 Å². The molecule has 0 heterocycles. The molecule has 0 aliphatic carbocycles. The van der Waals surface area contributed by atoms with E-state index in [1.807, 2.05) is 0 Å². The number of nitrogens with two attached hydrogens (primary N) is 1. The first kappa shape index (κ1) is 14.7. The fraction of sp³-hybridized carbons (Fsp3) is 0.889. The first-order chi connectivity index (χ1) is 7.22. The van der Waals surface area contributed by atoms with Gasteiger partial charge in [0.2, 0.25) is 0 Å². The molecule has 0 saturated carbocycles. The predicted molar refractivity (Wildman–Crippen MR) is 60.1 cm³/mol. The Morgan fingerprint density at radius 3 is 2.67 bits per heavy atom. The van der Waals surface area contributed by atoms with Gasteiger partial charge in [0.05, 0.1) is 19.8 Å². The molecule has 0 bridgehead atoms. The zero-order chi connectivity index (χ0) is 11.5. The highest BCUT2D eigenvalue weighted by atomic mass is 32.1. The molecule has 15 heavy (non-hydrogen) atoms. The van der Waals surface area contributed by atoms with Gasteiger partial charge in [-0.05, 0) is 0 Å². The van der Waals surface area contributed by atoms with Crippen LogP contribution in [0.25, 0.3) is 0 Å². The molecule has 0 unspecified atom stereocenters. The summed E-state index contributed by atoms with van der Waals surface area (Å²) >= 11 is 3.89. The molecule has 0 rings (SSSR count). The fourth-order valence-corrected chi connectivity index (χ4v) is 0.909. The van der Waals surface area contributed by atoms with Crippen molar-refractivity contribution in [1.29, 1.82) is 0 Å². The maximum absolute atomic E-state index is 11.1. The van der Waals surface area contributed by atoms with Gasteiger partial charge in [-0.15, -0.1) is 0 Å². The van der Waals surface area contributed by atoms with Crippen molar-refractivity contribution in [2.45, 2.75) is 12.5 Å². The number of esters is 1. The molecule has 90 valence electrons. The lowest BCUT2D eigenvalue weighted by Crippen LogP contribution is -2.34. The molecule has 0 radical (unpaired) electrons. The molecule has 0 aromatic heterocycles. The Morgan fingerprint density at radius 1 is 1.33 bits per heavy atom. The van der Waals surface area contributed by atoms with Gasteiger partial charge in [0.15, 0.2) is 0 Å². The summed E-state index contributed by atoms with van der Waals surface area (Å²) in [5.41, 5.74) is 5.40. The van der Waals surface area contributed by atoms with Crippen molar-refractivity contribution in [2.75, 3.05) is 39.3 Å². The number of rotatable bonds is 9. The second-order valence-electron chi connectivity index (χ2n) is 2.92. The van der Waals surface area contributed by atoms with Gasteiger partial charge in [0.1, 0.15) is 6.04 Å². The van der Waals surface area contributed by atoms with Crippen LogP contribution in [0, 0.1) is 0 Å². The van der Waals surface area contributed by atoms with Crippen molar-refractivity contribution in [2.24, 2.45) is 5.73 Å². The van der Waals surface area contributed by atoms with E-state index in [-0.39, 0.29) is 0 Å². The predicted octanol–water partition coefficient (Wildman–Crippen LogP) is -0.160. The minimum Gasteiger partial charge on any atom is -0.464 e. The third kappa shape index (κ3) is 8.68. The lowest BCUT2D eigenvalue weighted by molar-refractivity contribution is -0.145. The third-order valence-electron chi connectivity index (χ3n) is 1.61. The second kappa shape index (κ2) is 10.2. The lowest BCUT2D eigenvalue weighted by atomic mass is 10.4. The van der Waals surface area contributed by atoms with Crippen LogP contribution in [0.1, 0.15) is 6.42 Å². The first-order valence-corrected chi connectivity index (χ1v) is 5.45. The number of hydrogen-bond donors (Lipinski definition) is 2. The number of thiol groups is 1. The molecule has 6 heteroatoms. The van der Waals surface area contributed by atoms with E-state index in [9.17, 15) is 4.79 Å². The van der Waals surface area contributed by atoms with Gasteiger partial charge in [-0.2, -0.15) is 12.6 Å². The average Bonchev–Trinajstić information content (AvgIpc) is 2.26. The highest BCUT2D eigenvalue weighted by molar-refractivity contribution is 7.80. The third-order valence-corrected chi connectivity index (χ3v) is 2.00. The van der Waals surface area contributed by atoms with E-state index in [4.69, 9.17) is 19.9 Å². The lowest BCUT2D eigenvalue weighted by Gasteiger charge is -2.08. The normalized spacial score (nSPS) is 12.5. The Kier molecular flexibility index (Phi) is 10.0. The van der Waals surface area contributed by atoms with Crippen LogP contribution in [0.3, 0.4) is 0 Å². The van der Waals surface area contributed by atoms with E-state index >= 15 is 0 Å². The molecular formula is C9H19NO4S. The summed E-state index contributed by atoms with van der Waals surface area (Å²) in [5, 5.41) is 0. The van der Waals surface area contributed by atoms with Crippen LogP contribution in [0.2, 0.25) is 0 Å². The highest BCUT2D eigenvalue weighted by Gasteiger charge is 2.11. The topological polar surface area (TPSA) is 70.8 Å². The Balaban J connectivity index is 3.20. The van der Waals surface area contributed by atoms with E-state index in [1.165, 1.54) is 0 Å². The molecule has 0 fully saturated rings. The summed E-state index contributed by atoms with van der Waals surface area (Å²) in [4.78, 5) is 11.1. The fourth-order valence-electron chi connectivity index (χ4n) is 0.760. The summed E-state index contributed by atoms with van der Waals surface area (Å²) < 4.78 is 14.9. The van der Waals surface area contributed by atoms with Gasteiger partial charge < -0.3 is 19.9 Å². The van der Waals surface area contributed by atoms with Gasteiger partial charge in [-0.25, -0.2) is 0 Å². The number of ether oxygens (including phenoxy) is 3. The summed E-state index contributed by atoms with van der Waals surface area (Å²) in [7, 11) is 1.62. The molecule has 0 aromatic rings. The van der Waals surface area contributed by atoms with Crippen molar-refractivity contribution in [3.63, 3.8) is 0 Å². The van der Waals surface area contributed by atoms with E-state index < -0.39 is 12.0 Å². The van der Waals surface area contributed by atoms with E-state index in [1.54, 1.807) is 7.11 Å². The van der Waals surface area contributed by atoms with Gasteiger partial charge in [-0.3, -0.25) is 4.79 Å². The van der Waals surface area contributed by atoms with Crippen molar-refractivity contribution in [3.8, 4) is 0 Å². The first-order valence-electron chi connectivity index (χ1n) is 4.82. The number of carbonyl (C=O) groups is 1. The van der Waals surface area contributed by atoms with E-state index in [0.717, 1.165) is 0 Å². The molecule has 0 aromatic carbocycles. The highest BCUT2D eigenvalue weighted by Crippen LogP contribution is 1.91. The molecule has 0 aliphatic heterocycles. The molecule has 1 atom stereocenters. The van der Waals surface area contributed by atoms with Gasteiger partial charge in [0.25, 0.3) is 0 Å². The average molecular weight is 237 g/mol. The zero-order valence-electron chi connectivity index (χ0n) is 8.98. The largest absolute Gasteiger partial charge is 0.464 e. The maximum atomic E-state index is 11.1. The van der Waals surface area contributed by atoms with Gasteiger partial charge >= 0.3 is 5.97 Å². The summed E-state index contributed by atoms with van der Waals surface area (Å²) in [6, 6.07) is -0.636. The molecule has 0 spiro atoms. The van der Waals surface area contributed by atoms with Crippen LogP contribution < -0.4 is 5.73 Å². The molecular weight excluding hydrogens is 218 g/mol. The van der Waals surface area contributed by atoms with Crippen molar-refractivity contribution in [1.82, 2.24) is 0 Å². The summed E-state index contributed by atoms with van der Waals surface area (Å²) in [6.45, 7) is 2.00. The minimum atomic E-state index is -0.636. The second-order valence-corrected chi connectivity index (χ2v) is 3.28. The Bertz CT molecular complexity index is 168. The van der Waals surface area contributed by atoms with E-state index in [2.05, 4.69) is 12.6 Å². The quantitative estimate of drug-likeness (QED) is 0.331. The Morgan fingerprint density at radius 2 is 2.07 bits per heavy atom. The zero-order valence-corrected chi connectivity index (χ0v) is 9.87. The molecule has 5 nitrogen and oxygen atoms in total. The molecule has 0 aliphatic rings. The van der Waals surface area contributed by atoms with E-state index in [0.29, 0.717) is 38.6 Å². The van der Waals surface area contributed by atoms with Crippen LogP contribution in [0.4, 0.5) is 0 Å². The number of hydrogen-bond acceptors (Lipinski definition) is 6.